The van der Waals surface area contributed by atoms with E-state index in [2.05, 4.69) is 11.4 Å². The van der Waals surface area contributed by atoms with E-state index in [9.17, 15) is 5.11 Å². The number of nitrogens with zero attached hydrogens (tertiary/aromatic N) is 1. The smallest absolute Gasteiger partial charge is 0.101 e. The van der Waals surface area contributed by atoms with E-state index >= 15 is 0 Å². The fourth-order valence-electron chi connectivity index (χ4n) is 1.85. The van der Waals surface area contributed by atoms with Gasteiger partial charge in [0.25, 0.3) is 0 Å². The first-order valence-electron chi connectivity index (χ1n) is 6.08. The molecule has 2 rings (SSSR count). The maximum Gasteiger partial charge on any atom is 0.101 e. The van der Waals surface area contributed by atoms with Crippen LogP contribution in [0, 0.1) is 11.3 Å². The van der Waals surface area contributed by atoms with Crippen molar-refractivity contribution in [2.45, 2.75) is 6.10 Å². The number of anilines is 1. The lowest BCUT2D eigenvalue weighted by atomic mass is 10.1. The third kappa shape index (κ3) is 4.03. The van der Waals surface area contributed by atoms with Gasteiger partial charge >= 0.3 is 0 Å². The van der Waals surface area contributed by atoms with Gasteiger partial charge in [0.1, 0.15) is 6.07 Å². The lowest BCUT2D eigenvalue weighted by Gasteiger charge is -2.15. The minimum absolute atomic E-state index is 0.176. The summed E-state index contributed by atoms with van der Waals surface area (Å²) in [4.78, 5) is 0. The maximum atomic E-state index is 10.2. The summed E-state index contributed by atoms with van der Waals surface area (Å²) in [5.74, 6) is 0. The third-order valence-corrected chi connectivity index (χ3v) is 3.72. The highest BCUT2D eigenvalue weighted by molar-refractivity contribution is 6.33. The lowest BCUT2D eigenvalue weighted by Crippen LogP contribution is -2.13. The van der Waals surface area contributed by atoms with E-state index in [-0.39, 0.29) is 6.54 Å². The molecule has 2 N–H and O–H groups in total. The highest BCUT2D eigenvalue weighted by atomic mass is 35.5. The molecule has 1 unspecified atom stereocenters. The van der Waals surface area contributed by atoms with E-state index in [0.29, 0.717) is 31.9 Å². The number of hydrogen-bond donors (Lipinski definition) is 2. The van der Waals surface area contributed by atoms with Crippen LogP contribution in [0.2, 0.25) is 15.1 Å². The fraction of sp³-hybridized carbons (Fsp3) is 0.133. The molecule has 108 valence electrons. The Labute approximate surface area is 137 Å². The largest absolute Gasteiger partial charge is 0.387 e. The topological polar surface area (TPSA) is 56.0 Å². The number of aliphatic hydroxyl groups excluding tert-OH is 1. The first-order valence-corrected chi connectivity index (χ1v) is 7.21. The third-order valence-electron chi connectivity index (χ3n) is 2.90. The molecule has 0 aromatic heterocycles. The fourth-order valence-corrected chi connectivity index (χ4v) is 2.44. The molecule has 0 aliphatic rings. The number of halogens is 3. The van der Waals surface area contributed by atoms with E-state index < -0.39 is 6.10 Å². The molecule has 0 saturated carbocycles. The Balaban J connectivity index is 2.15. The molecule has 0 amide bonds. The number of hydrogen-bond acceptors (Lipinski definition) is 3. The summed E-state index contributed by atoms with van der Waals surface area (Å²) >= 11 is 17.8. The molecule has 1 atom stereocenters. The maximum absolute atomic E-state index is 10.2. The Morgan fingerprint density at radius 2 is 1.76 bits per heavy atom. The molecule has 6 heteroatoms. The quantitative estimate of drug-likeness (QED) is 0.850. The van der Waals surface area contributed by atoms with Crippen LogP contribution < -0.4 is 5.32 Å². The molecule has 0 fully saturated rings. The van der Waals surface area contributed by atoms with Crippen LogP contribution in [0.25, 0.3) is 0 Å². The zero-order chi connectivity index (χ0) is 15.4. The lowest BCUT2D eigenvalue weighted by molar-refractivity contribution is 0.192. The van der Waals surface area contributed by atoms with Crippen LogP contribution in [0.15, 0.2) is 36.4 Å². The number of nitrogens with one attached hydrogen (secondary N) is 1. The molecule has 21 heavy (non-hydrogen) atoms. The molecule has 0 heterocycles. The summed E-state index contributed by atoms with van der Waals surface area (Å²) in [7, 11) is 0. The van der Waals surface area contributed by atoms with Crippen LogP contribution in [0.5, 0.6) is 0 Å². The van der Waals surface area contributed by atoms with Crippen molar-refractivity contribution >= 4 is 40.5 Å². The molecule has 0 saturated heterocycles. The van der Waals surface area contributed by atoms with Gasteiger partial charge in [-0.1, -0.05) is 34.8 Å². The summed E-state index contributed by atoms with van der Waals surface area (Å²) in [6.07, 6.45) is -0.860. The average Bonchev–Trinajstić information content (AvgIpc) is 2.47. The van der Waals surface area contributed by atoms with Crippen molar-refractivity contribution in [1.29, 1.82) is 5.26 Å². The predicted octanol–water partition coefficient (Wildman–Crippen LogP) is 4.66. The Hall–Kier alpha value is -1.44. The Bertz CT molecular complexity index is 698. The van der Waals surface area contributed by atoms with Crippen molar-refractivity contribution in [1.82, 2.24) is 0 Å². The van der Waals surface area contributed by atoms with Gasteiger partial charge in [0, 0.05) is 27.2 Å². The van der Waals surface area contributed by atoms with Crippen LogP contribution in [-0.4, -0.2) is 11.7 Å². The predicted molar refractivity (Wildman–Crippen MR) is 86.1 cm³/mol. The van der Waals surface area contributed by atoms with Crippen LogP contribution in [-0.2, 0) is 0 Å². The van der Waals surface area contributed by atoms with E-state index in [1.807, 2.05) is 0 Å². The number of benzene rings is 2. The normalized spacial score (nSPS) is 11.8. The van der Waals surface area contributed by atoms with Gasteiger partial charge in [0.05, 0.1) is 17.4 Å². The zero-order valence-corrected chi connectivity index (χ0v) is 13.0. The summed E-state index contributed by atoms with van der Waals surface area (Å²) < 4.78 is 0. The first-order chi connectivity index (χ1) is 10.0. The molecule has 2 aromatic rings. The number of rotatable bonds is 4. The number of aliphatic hydroxyl groups is 1. The zero-order valence-electron chi connectivity index (χ0n) is 10.8. The van der Waals surface area contributed by atoms with Gasteiger partial charge in [0.2, 0.25) is 0 Å². The number of nitriles is 1. The second-order valence-electron chi connectivity index (χ2n) is 4.36. The Morgan fingerprint density at radius 3 is 2.48 bits per heavy atom. The van der Waals surface area contributed by atoms with Gasteiger partial charge in [-0.15, -0.1) is 0 Å². The molecular formula is C15H11Cl3N2O. The highest BCUT2D eigenvalue weighted by Gasteiger charge is 2.13. The van der Waals surface area contributed by atoms with Crippen LogP contribution in [0.4, 0.5) is 5.69 Å². The van der Waals surface area contributed by atoms with Gasteiger partial charge in [-0.2, -0.15) is 5.26 Å². The average molecular weight is 342 g/mol. The van der Waals surface area contributed by atoms with Crippen molar-refractivity contribution in [2.24, 2.45) is 0 Å². The second-order valence-corrected chi connectivity index (χ2v) is 5.64. The van der Waals surface area contributed by atoms with Crippen molar-refractivity contribution in [2.75, 3.05) is 11.9 Å². The summed E-state index contributed by atoms with van der Waals surface area (Å²) in [5.41, 5.74) is 1.53. The van der Waals surface area contributed by atoms with E-state index in [1.165, 1.54) is 0 Å². The van der Waals surface area contributed by atoms with Gasteiger partial charge in [-0.25, -0.2) is 0 Å². The highest BCUT2D eigenvalue weighted by Crippen LogP contribution is 2.27. The van der Waals surface area contributed by atoms with Gasteiger partial charge in [-0.05, 0) is 36.4 Å². The SMILES string of the molecule is N#Cc1ccc(Cl)cc1NCC(O)c1cc(Cl)ccc1Cl. The van der Waals surface area contributed by atoms with Crippen LogP contribution in [0.1, 0.15) is 17.2 Å². The summed E-state index contributed by atoms with van der Waals surface area (Å²) in [5, 5.41) is 23.7. The molecule has 0 bridgehead atoms. The van der Waals surface area contributed by atoms with E-state index in [0.717, 1.165) is 0 Å². The van der Waals surface area contributed by atoms with Crippen molar-refractivity contribution in [3.8, 4) is 6.07 Å². The second kappa shape index (κ2) is 7.02. The Kier molecular flexibility index (Phi) is 5.33. The van der Waals surface area contributed by atoms with Crippen molar-refractivity contribution < 1.29 is 5.11 Å². The van der Waals surface area contributed by atoms with Crippen LogP contribution >= 0.6 is 34.8 Å². The summed E-state index contributed by atoms with van der Waals surface area (Å²) in [6.45, 7) is 0.176. The standard InChI is InChI=1S/C15H11Cl3N2O/c16-10-3-4-13(18)12(5-10)15(21)8-20-14-6-11(17)2-1-9(14)7-19/h1-6,15,20-21H,8H2. The Morgan fingerprint density at radius 1 is 1.10 bits per heavy atom. The van der Waals surface area contributed by atoms with Gasteiger partial charge < -0.3 is 10.4 Å². The molecule has 3 nitrogen and oxygen atoms in total. The van der Waals surface area contributed by atoms with Crippen LogP contribution in [0.3, 0.4) is 0 Å². The van der Waals surface area contributed by atoms with E-state index in [1.54, 1.807) is 36.4 Å². The first kappa shape index (κ1) is 15.9. The monoisotopic (exact) mass is 340 g/mol. The van der Waals surface area contributed by atoms with E-state index in [4.69, 9.17) is 40.1 Å². The van der Waals surface area contributed by atoms with Crippen molar-refractivity contribution in [3.05, 3.63) is 62.6 Å². The molecule has 0 aliphatic carbocycles. The minimum Gasteiger partial charge on any atom is -0.387 e. The molecule has 0 radical (unpaired) electrons. The molecule has 0 spiro atoms. The minimum atomic E-state index is -0.860. The molecule has 2 aromatic carbocycles. The van der Waals surface area contributed by atoms with Gasteiger partial charge in [0.15, 0.2) is 0 Å². The molecule has 0 aliphatic heterocycles. The summed E-state index contributed by atoms with van der Waals surface area (Å²) in [6, 6.07) is 11.8. The van der Waals surface area contributed by atoms with Gasteiger partial charge in [-0.3, -0.25) is 0 Å². The van der Waals surface area contributed by atoms with Crippen molar-refractivity contribution in [3.63, 3.8) is 0 Å². The molecular weight excluding hydrogens is 331 g/mol.